The topological polar surface area (TPSA) is 199 Å². The van der Waals surface area contributed by atoms with Crippen molar-refractivity contribution >= 4 is 41.9 Å². The highest BCUT2D eigenvalue weighted by Crippen LogP contribution is 2.28. The van der Waals surface area contributed by atoms with Crippen molar-refractivity contribution < 1.29 is 66.7 Å². The fraction of sp³-hybridized carbons (Fsp3) is 0.823. The molecule has 0 saturated heterocycles. The van der Waals surface area contributed by atoms with Crippen LogP contribution in [0.25, 0.3) is 0 Å². The maximum absolute atomic E-state index is 13.6. The Kier molecular flexibility index (Phi) is 45.5. The van der Waals surface area contributed by atoms with Gasteiger partial charge in [-0.3, -0.25) is 28.8 Å². The lowest BCUT2D eigenvalue weighted by atomic mass is 9.89. The molecule has 450 valence electrons. The first kappa shape index (κ1) is 71.5. The summed E-state index contributed by atoms with van der Waals surface area (Å²) < 4.78 is 40.0. The van der Waals surface area contributed by atoms with Crippen LogP contribution in [-0.2, 0) is 61.9 Å². The Balaban J connectivity index is 3.07. The predicted molar refractivity (Wildman–Crippen MR) is 305 cm³/mol. The minimum absolute atomic E-state index is 0.0435. The number of carbonyl (C=O) groups is 7. The molecule has 1 aliphatic rings. The SMILES string of the molecule is CCCCC/C=C\CCOC(=O)CCCCCC(=O)OCC(COC(=O)CCCCCC(=O)OCC/C=C\CCCCC)(COC(=O)CCC(CCCCCC)OC(=O)NCCN(C)CCCC)COC(=O)C1CCCCC1. The van der Waals surface area contributed by atoms with Gasteiger partial charge in [0, 0.05) is 45.2 Å². The molecule has 78 heavy (non-hydrogen) atoms. The van der Waals surface area contributed by atoms with Crippen LogP contribution in [0, 0.1) is 11.3 Å². The van der Waals surface area contributed by atoms with Gasteiger partial charge in [-0.1, -0.05) is 135 Å². The number of esters is 6. The molecular weight excluding hydrogens is 997 g/mol. The molecule has 1 atom stereocenters. The maximum Gasteiger partial charge on any atom is 0.407 e. The summed E-state index contributed by atoms with van der Waals surface area (Å²) in [4.78, 5) is 93.5. The van der Waals surface area contributed by atoms with Crippen molar-refractivity contribution in [1.29, 1.82) is 0 Å². The van der Waals surface area contributed by atoms with E-state index in [2.05, 4.69) is 50.1 Å². The van der Waals surface area contributed by atoms with Gasteiger partial charge in [-0.15, -0.1) is 0 Å². The van der Waals surface area contributed by atoms with E-state index in [1.807, 2.05) is 19.2 Å². The molecule has 1 N–H and O–H groups in total. The number of alkyl carbamates (subject to hydrolysis) is 1. The van der Waals surface area contributed by atoms with Crippen LogP contribution in [0.4, 0.5) is 4.79 Å². The Bertz CT molecular complexity index is 1580. The summed E-state index contributed by atoms with van der Waals surface area (Å²) in [5.74, 6) is -2.97. The summed E-state index contributed by atoms with van der Waals surface area (Å²) >= 11 is 0. The number of likely N-dealkylation sites (N-methyl/N-ethyl adjacent to an activating group) is 1. The monoisotopic (exact) mass is 1100 g/mol. The van der Waals surface area contributed by atoms with Gasteiger partial charge in [-0.25, -0.2) is 4.79 Å². The van der Waals surface area contributed by atoms with E-state index < -0.39 is 48.1 Å². The zero-order valence-electron chi connectivity index (χ0n) is 49.5. The second kappa shape index (κ2) is 49.6. The lowest BCUT2D eigenvalue weighted by Crippen LogP contribution is -2.44. The predicted octanol–water partition coefficient (Wildman–Crippen LogP) is 13.3. The third kappa shape index (κ3) is 41.6. The van der Waals surface area contributed by atoms with E-state index in [4.69, 9.17) is 33.2 Å². The third-order valence-electron chi connectivity index (χ3n) is 14.0. The molecule has 1 fully saturated rings. The van der Waals surface area contributed by atoms with Gasteiger partial charge in [0.25, 0.3) is 0 Å². The fourth-order valence-corrected chi connectivity index (χ4v) is 8.82. The Morgan fingerprint density at radius 2 is 0.910 bits per heavy atom. The first-order valence-corrected chi connectivity index (χ1v) is 30.7. The standard InChI is InChI=1S/C62H108N2O14/c1-6-10-14-17-19-21-33-47-72-55(65)38-29-24-31-40-57(67)74-49-62(52-77-60(70)53-35-26-23-27-36-53,50-75-58(68)41-32-25-30-39-56(66)73-48-34-22-20-18-15-11-7-2)51-76-59(69)43-42-54(37-28-16-12-8-3)78-61(71)63-44-46-64(5)45-13-9-4/h19-22,53-54H,6-18,23-52H2,1-5H3,(H,63,71)/b21-19-,22-20-. The van der Waals surface area contributed by atoms with E-state index in [9.17, 15) is 33.6 Å². The van der Waals surface area contributed by atoms with E-state index in [1.165, 1.54) is 25.7 Å². The zero-order chi connectivity index (χ0) is 57.2. The van der Waals surface area contributed by atoms with Gasteiger partial charge in [-0.2, -0.15) is 0 Å². The number of allylic oxidation sites excluding steroid dienone is 2. The molecule has 1 unspecified atom stereocenters. The molecule has 16 heteroatoms. The number of carbonyl (C=O) groups excluding carboxylic acids is 7. The number of ether oxygens (including phenoxy) is 7. The highest BCUT2D eigenvalue weighted by atomic mass is 16.6. The summed E-state index contributed by atoms with van der Waals surface area (Å²) in [5.41, 5.74) is -1.45. The number of unbranched alkanes of at least 4 members (excludes halogenated alkanes) is 14. The van der Waals surface area contributed by atoms with E-state index in [0.717, 1.165) is 90.0 Å². The van der Waals surface area contributed by atoms with Crippen LogP contribution < -0.4 is 5.32 Å². The Morgan fingerprint density at radius 1 is 0.474 bits per heavy atom. The summed E-state index contributed by atoms with van der Waals surface area (Å²) in [6.07, 6.45) is 32.3. The highest BCUT2D eigenvalue weighted by molar-refractivity contribution is 5.73. The number of nitrogens with one attached hydrogen (secondary N) is 1. The van der Waals surface area contributed by atoms with Crippen molar-refractivity contribution in [1.82, 2.24) is 10.2 Å². The molecule has 0 radical (unpaired) electrons. The normalized spacial score (nSPS) is 13.4. The average Bonchev–Trinajstić information content (AvgIpc) is 3.44. The Labute approximate surface area is 471 Å². The summed E-state index contributed by atoms with van der Waals surface area (Å²) in [7, 11) is 2.01. The van der Waals surface area contributed by atoms with Crippen LogP contribution in [0.15, 0.2) is 24.3 Å². The summed E-state index contributed by atoms with van der Waals surface area (Å²) in [5, 5.41) is 2.84. The first-order chi connectivity index (χ1) is 37.9. The second-order valence-corrected chi connectivity index (χ2v) is 21.5. The number of hydrogen-bond donors (Lipinski definition) is 1. The molecule has 1 rings (SSSR count). The fourth-order valence-electron chi connectivity index (χ4n) is 8.82. The van der Waals surface area contributed by atoms with Crippen molar-refractivity contribution in [2.45, 2.75) is 252 Å². The van der Waals surface area contributed by atoms with Crippen LogP contribution in [0.2, 0.25) is 0 Å². The molecular formula is C62H108N2O14. The minimum atomic E-state index is -1.45. The highest BCUT2D eigenvalue weighted by Gasteiger charge is 2.39. The van der Waals surface area contributed by atoms with Gasteiger partial charge < -0.3 is 43.4 Å². The van der Waals surface area contributed by atoms with E-state index in [0.29, 0.717) is 96.9 Å². The molecule has 0 spiro atoms. The van der Waals surface area contributed by atoms with E-state index >= 15 is 0 Å². The maximum atomic E-state index is 13.6. The molecule has 1 saturated carbocycles. The van der Waals surface area contributed by atoms with Crippen molar-refractivity contribution in [3.05, 3.63) is 24.3 Å². The molecule has 0 aliphatic heterocycles. The van der Waals surface area contributed by atoms with Gasteiger partial charge in [0.1, 0.15) is 37.9 Å². The molecule has 0 aromatic carbocycles. The minimum Gasteiger partial charge on any atom is -0.465 e. The lowest BCUT2D eigenvalue weighted by Gasteiger charge is -2.32. The van der Waals surface area contributed by atoms with Gasteiger partial charge in [0.05, 0.1) is 19.1 Å². The van der Waals surface area contributed by atoms with Gasteiger partial charge >= 0.3 is 41.9 Å². The molecule has 1 amide bonds. The molecule has 0 bridgehead atoms. The van der Waals surface area contributed by atoms with Crippen molar-refractivity contribution in [3.63, 3.8) is 0 Å². The van der Waals surface area contributed by atoms with Crippen LogP contribution >= 0.6 is 0 Å². The van der Waals surface area contributed by atoms with Gasteiger partial charge in [0.2, 0.25) is 0 Å². The second-order valence-electron chi connectivity index (χ2n) is 21.5. The first-order valence-electron chi connectivity index (χ1n) is 30.7. The van der Waals surface area contributed by atoms with Gasteiger partial charge in [0.15, 0.2) is 0 Å². The average molecular weight is 1110 g/mol. The number of hydrogen-bond acceptors (Lipinski definition) is 15. The summed E-state index contributed by atoms with van der Waals surface area (Å²) in [6.45, 7) is 9.79. The third-order valence-corrected chi connectivity index (χ3v) is 14.0. The van der Waals surface area contributed by atoms with Crippen molar-refractivity contribution in [3.8, 4) is 0 Å². The number of amides is 1. The van der Waals surface area contributed by atoms with Crippen LogP contribution in [-0.4, -0.2) is 119 Å². The molecule has 0 heterocycles. The largest absolute Gasteiger partial charge is 0.465 e. The van der Waals surface area contributed by atoms with Crippen molar-refractivity contribution in [2.75, 3.05) is 66.3 Å². The van der Waals surface area contributed by atoms with Crippen LogP contribution in [0.3, 0.4) is 0 Å². The van der Waals surface area contributed by atoms with E-state index in [-0.39, 0.29) is 76.2 Å². The molecule has 1 aliphatic carbocycles. The van der Waals surface area contributed by atoms with Gasteiger partial charge in [-0.05, 0) is 116 Å². The summed E-state index contributed by atoms with van der Waals surface area (Å²) in [6, 6.07) is 0. The van der Waals surface area contributed by atoms with Crippen molar-refractivity contribution in [2.24, 2.45) is 11.3 Å². The molecule has 16 nitrogen and oxygen atoms in total. The molecule has 0 aromatic heterocycles. The smallest absolute Gasteiger partial charge is 0.407 e. The number of nitrogens with zero attached hydrogens (tertiary/aromatic N) is 1. The zero-order valence-corrected chi connectivity index (χ0v) is 49.5. The number of rotatable bonds is 50. The quantitative estimate of drug-likeness (QED) is 0.0261. The Hall–Kier alpha value is -4.47. The molecule has 0 aromatic rings. The van der Waals surface area contributed by atoms with Crippen LogP contribution in [0.5, 0.6) is 0 Å². The lowest BCUT2D eigenvalue weighted by molar-refractivity contribution is -0.173. The van der Waals surface area contributed by atoms with Crippen LogP contribution in [0.1, 0.15) is 246 Å². The Morgan fingerprint density at radius 3 is 1.41 bits per heavy atom. The van der Waals surface area contributed by atoms with E-state index in [1.54, 1.807) is 0 Å².